The van der Waals surface area contributed by atoms with Gasteiger partial charge in [0.15, 0.2) is 0 Å². The lowest BCUT2D eigenvalue weighted by Gasteiger charge is -2.09. The first-order valence-corrected chi connectivity index (χ1v) is 4.63. The summed E-state index contributed by atoms with van der Waals surface area (Å²) in [6.45, 7) is 1.75. The van der Waals surface area contributed by atoms with Crippen molar-refractivity contribution in [1.29, 1.82) is 0 Å². The zero-order valence-corrected chi connectivity index (χ0v) is 8.11. The second kappa shape index (κ2) is 3.94. The molecule has 4 heteroatoms. The molecule has 0 aromatic carbocycles. The molecule has 66 valence electrons. The third kappa shape index (κ3) is 1.80. The predicted octanol–water partition coefficient (Wildman–Crippen LogP) is 2.86. The SMILES string of the molecule is CC(CBr)c1c(F)cncc1F. The standard InChI is InChI=1S/C8H8BrF2N/c1-5(2-9)8-6(10)3-12-4-7(8)11/h3-5H,2H2,1H3. The molecule has 0 N–H and O–H groups in total. The number of alkyl halides is 1. The van der Waals surface area contributed by atoms with Crippen LogP contribution in [0.4, 0.5) is 8.78 Å². The van der Waals surface area contributed by atoms with Crippen molar-refractivity contribution < 1.29 is 8.78 Å². The molecule has 1 aromatic rings. The lowest BCUT2D eigenvalue weighted by atomic mass is 10.0. The van der Waals surface area contributed by atoms with Crippen LogP contribution in [0.15, 0.2) is 12.4 Å². The van der Waals surface area contributed by atoms with Gasteiger partial charge in [-0.3, -0.25) is 4.98 Å². The highest BCUT2D eigenvalue weighted by Gasteiger charge is 2.14. The second-order valence-electron chi connectivity index (χ2n) is 2.57. The summed E-state index contributed by atoms with van der Waals surface area (Å²) in [5, 5.41) is 0.533. The fourth-order valence-electron chi connectivity index (χ4n) is 0.969. The number of hydrogen-bond acceptors (Lipinski definition) is 1. The molecule has 0 radical (unpaired) electrons. The lowest BCUT2D eigenvalue weighted by Crippen LogP contribution is -2.02. The molecule has 0 amide bonds. The van der Waals surface area contributed by atoms with Crippen LogP contribution in [0.3, 0.4) is 0 Å². The summed E-state index contributed by atoms with van der Waals surface area (Å²) in [4.78, 5) is 3.40. The van der Waals surface area contributed by atoms with E-state index in [4.69, 9.17) is 0 Å². The molecule has 0 aliphatic heterocycles. The fourth-order valence-corrected chi connectivity index (χ4v) is 1.29. The predicted molar refractivity (Wildman–Crippen MR) is 46.4 cm³/mol. The van der Waals surface area contributed by atoms with Crippen molar-refractivity contribution in [2.45, 2.75) is 12.8 Å². The molecular weight excluding hydrogens is 228 g/mol. The van der Waals surface area contributed by atoms with Gasteiger partial charge in [0.1, 0.15) is 11.6 Å². The molecule has 1 unspecified atom stereocenters. The Hall–Kier alpha value is -0.510. The van der Waals surface area contributed by atoms with Crippen molar-refractivity contribution in [3.8, 4) is 0 Å². The third-order valence-electron chi connectivity index (χ3n) is 1.61. The molecule has 0 aliphatic carbocycles. The minimum Gasteiger partial charge on any atom is -0.259 e. The number of pyridine rings is 1. The second-order valence-corrected chi connectivity index (χ2v) is 3.22. The average molecular weight is 236 g/mol. The molecule has 1 aromatic heterocycles. The molecule has 0 saturated carbocycles. The van der Waals surface area contributed by atoms with Crippen molar-refractivity contribution in [3.63, 3.8) is 0 Å². The number of hydrogen-bond donors (Lipinski definition) is 0. The van der Waals surface area contributed by atoms with Crippen molar-refractivity contribution >= 4 is 15.9 Å². The molecule has 0 aliphatic rings. The maximum Gasteiger partial charge on any atom is 0.147 e. The first-order chi connectivity index (χ1) is 5.66. The van der Waals surface area contributed by atoms with Gasteiger partial charge in [0.25, 0.3) is 0 Å². The zero-order chi connectivity index (χ0) is 9.14. The van der Waals surface area contributed by atoms with Crippen LogP contribution in [0.5, 0.6) is 0 Å². The summed E-state index contributed by atoms with van der Waals surface area (Å²) in [5.41, 5.74) is 0.0990. The molecule has 0 bridgehead atoms. The molecular formula is C8H8BrF2N. The van der Waals surface area contributed by atoms with Crippen molar-refractivity contribution in [3.05, 3.63) is 29.6 Å². The summed E-state index contributed by atoms with van der Waals surface area (Å²) in [7, 11) is 0. The maximum atomic E-state index is 13.0. The van der Waals surface area contributed by atoms with Crippen LogP contribution in [-0.2, 0) is 0 Å². The Labute approximate surface area is 77.9 Å². The Bertz CT molecular complexity index is 258. The maximum absolute atomic E-state index is 13.0. The largest absolute Gasteiger partial charge is 0.259 e. The number of halogens is 3. The summed E-state index contributed by atoms with van der Waals surface area (Å²) in [6, 6.07) is 0. The minimum atomic E-state index is -0.582. The van der Waals surface area contributed by atoms with Crippen LogP contribution >= 0.6 is 15.9 Å². The Balaban J connectivity index is 3.12. The van der Waals surface area contributed by atoms with E-state index in [1.54, 1.807) is 6.92 Å². The van der Waals surface area contributed by atoms with Gasteiger partial charge >= 0.3 is 0 Å². The molecule has 12 heavy (non-hydrogen) atoms. The highest BCUT2D eigenvalue weighted by Crippen LogP contribution is 2.22. The van der Waals surface area contributed by atoms with E-state index in [2.05, 4.69) is 20.9 Å². The number of aromatic nitrogens is 1. The van der Waals surface area contributed by atoms with E-state index in [1.165, 1.54) is 0 Å². The van der Waals surface area contributed by atoms with Crippen molar-refractivity contribution in [2.75, 3.05) is 5.33 Å². The van der Waals surface area contributed by atoms with Gasteiger partial charge in [0.2, 0.25) is 0 Å². The molecule has 1 nitrogen and oxygen atoms in total. The molecule has 1 heterocycles. The van der Waals surface area contributed by atoms with Crippen LogP contribution in [0.1, 0.15) is 18.4 Å². The first kappa shape index (κ1) is 9.58. The summed E-state index contributed by atoms with van der Waals surface area (Å²) in [6.07, 6.45) is 2.05. The normalized spacial score (nSPS) is 13.0. The highest BCUT2D eigenvalue weighted by atomic mass is 79.9. The average Bonchev–Trinajstić information content (AvgIpc) is 2.03. The molecule has 1 atom stereocenters. The van der Waals surface area contributed by atoms with Gasteiger partial charge in [-0.2, -0.15) is 0 Å². The van der Waals surface area contributed by atoms with Crippen LogP contribution in [0.2, 0.25) is 0 Å². The van der Waals surface area contributed by atoms with Gasteiger partial charge in [-0.15, -0.1) is 0 Å². The van der Waals surface area contributed by atoms with Gasteiger partial charge in [0, 0.05) is 10.9 Å². The topological polar surface area (TPSA) is 12.9 Å². The molecule has 0 spiro atoms. The van der Waals surface area contributed by atoms with Gasteiger partial charge in [-0.25, -0.2) is 8.78 Å². The van der Waals surface area contributed by atoms with Crippen LogP contribution in [-0.4, -0.2) is 10.3 Å². The van der Waals surface area contributed by atoms with E-state index in [0.29, 0.717) is 5.33 Å². The summed E-state index contributed by atoms with van der Waals surface area (Å²) >= 11 is 3.17. The first-order valence-electron chi connectivity index (χ1n) is 3.51. The van der Waals surface area contributed by atoms with E-state index in [9.17, 15) is 8.78 Å². The summed E-state index contributed by atoms with van der Waals surface area (Å²) in [5.74, 6) is -1.34. The van der Waals surface area contributed by atoms with E-state index in [-0.39, 0.29) is 11.5 Å². The third-order valence-corrected chi connectivity index (χ3v) is 2.59. The Morgan fingerprint density at radius 1 is 1.42 bits per heavy atom. The Morgan fingerprint density at radius 3 is 2.33 bits per heavy atom. The summed E-state index contributed by atoms with van der Waals surface area (Å²) < 4.78 is 25.9. The number of nitrogens with zero attached hydrogens (tertiary/aromatic N) is 1. The monoisotopic (exact) mass is 235 g/mol. The van der Waals surface area contributed by atoms with Gasteiger partial charge in [-0.1, -0.05) is 22.9 Å². The Morgan fingerprint density at radius 2 is 1.92 bits per heavy atom. The van der Waals surface area contributed by atoms with Crippen molar-refractivity contribution in [1.82, 2.24) is 4.98 Å². The van der Waals surface area contributed by atoms with E-state index < -0.39 is 11.6 Å². The Kier molecular flexibility index (Phi) is 3.14. The highest BCUT2D eigenvalue weighted by molar-refractivity contribution is 9.09. The fraction of sp³-hybridized carbons (Fsp3) is 0.375. The smallest absolute Gasteiger partial charge is 0.147 e. The van der Waals surface area contributed by atoms with Crippen molar-refractivity contribution in [2.24, 2.45) is 0 Å². The van der Waals surface area contributed by atoms with E-state index in [0.717, 1.165) is 12.4 Å². The van der Waals surface area contributed by atoms with Crippen LogP contribution in [0, 0.1) is 11.6 Å². The van der Waals surface area contributed by atoms with Crippen LogP contribution in [0.25, 0.3) is 0 Å². The van der Waals surface area contributed by atoms with Crippen LogP contribution < -0.4 is 0 Å². The molecule has 0 saturated heterocycles. The quantitative estimate of drug-likeness (QED) is 0.719. The van der Waals surface area contributed by atoms with Gasteiger partial charge in [0.05, 0.1) is 12.4 Å². The van der Waals surface area contributed by atoms with Gasteiger partial charge in [-0.05, 0) is 5.92 Å². The molecule has 1 rings (SSSR count). The molecule has 0 fully saturated rings. The van der Waals surface area contributed by atoms with Gasteiger partial charge < -0.3 is 0 Å². The minimum absolute atomic E-state index is 0.0990. The zero-order valence-electron chi connectivity index (χ0n) is 6.52. The van der Waals surface area contributed by atoms with E-state index in [1.807, 2.05) is 0 Å². The lowest BCUT2D eigenvalue weighted by molar-refractivity contribution is 0.534. The van der Waals surface area contributed by atoms with E-state index >= 15 is 0 Å². The number of rotatable bonds is 2.